The van der Waals surface area contributed by atoms with E-state index < -0.39 is 0 Å². The van der Waals surface area contributed by atoms with Gasteiger partial charge >= 0.3 is 0 Å². The third-order valence-corrected chi connectivity index (χ3v) is 5.63. The summed E-state index contributed by atoms with van der Waals surface area (Å²) in [4.78, 5) is 22.6. The lowest BCUT2D eigenvalue weighted by atomic mass is 9.89. The van der Waals surface area contributed by atoms with Crippen LogP contribution in [0.3, 0.4) is 0 Å². The van der Waals surface area contributed by atoms with Crippen molar-refractivity contribution in [2.75, 3.05) is 13.1 Å². The first-order valence-corrected chi connectivity index (χ1v) is 9.37. The van der Waals surface area contributed by atoms with Crippen LogP contribution in [0.1, 0.15) is 40.4 Å². The Hall–Kier alpha value is -3.15. The van der Waals surface area contributed by atoms with E-state index in [2.05, 4.69) is 32.4 Å². The molecule has 5 rings (SSSR count). The van der Waals surface area contributed by atoms with E-state index in [0.29, 0.717) is 11.6 Å². The second-order valence-electron chi connectivity index (χ2n) is 7.33. The number of carbonyl (C=O) groups is 1. The topological polar surface area (TPSA) is 77.7 Å². The highest BCUT2D eigenvalue weighted by atomic mass is 16.2. The van der Waals surface area contributed by atoms with Crippen LogP contribution >= 0.6 is 0 Å². The smallest absolute Gasteiger partial charge is 0.274 e. The largest absolute Gasteiger partial charge is 0.346 e. The van der Waals surface area contributed by atoms with Crippen molar-refractivity contribution in [1.29, 1.82) is 0 Å². The van der Waals surface area contributed by atoms with Gasteiger partial charge in [-0.05, 0) is 55.5 Å². The van der Waals surface area contributed by atoms with Gasteiger partial charge in [0, 0.05) is 36.3 Å². The molecule has 3 aromatic heterocycles. The SMILES string of the molecule is Cc1ccc2[nH]nc(C(=O)N3CCC(c4c[nH]c5ncccc45)CC3)c2c1. The molecule has 136 valence electrons. The summed E-state index contributed by atoms with van der Waals surface area (Å²) in [6.45, 7) is 3.52. The predicted molar refractivity (Wildman–Crippen MR) is 105 cm³/mol. The number of aryl methyl sites for hydroxylation is 1. The number of hydrogen-bond donors (Lipinski definition) is 2. The van der Waals surface area contributed by atoms with Gasteiger partial charge in [-0.15, -0.1) is 0 Å². The Balaban J connectivity index is 1.35. The average Bonchev–Trinajstić information content (AvgIpc) is 3.31. The molecule has 27 heavy (non-hydrogen) atoms. The van der Waals surface area contributed by atoms with Gasteiger partial charge in [0.05, 0.1) is 5.52 Å². The Morgan fingerprint density at radius 2 is 2.04 bits per heavy atom. The van der Waals surface area contributed by atoms with Gasteiger partial charge in [0.2, 0.25) is 0 Å². The lowest BCUT2D eigenvalue weighted by Crippen LogP contribution is -2.38. The Morgan fingerprint density at radius 3 is 2.89 bits per heavy atom. The zero-order valence-electron chi connectivity index (χ0n) is 15.2. The number of carbonyl (C=O) groups excluding carboxylic acids is 1. The zero-order valence-corrected chi connectivity index (χ0v) is 15.2. The number of amides is 1. The number of fused-ring (bicyclic) bond motifs is 2. The Kier molecular flexibility index (Phi) is 3.70. The number of aromatic amines is 2. The van der Waals surface area contributed by atoms with E-state index in [4.69, 9.17) is 0 Å². The lowest BCUT2D eigenvalue weighted by Gasteiger charge is -2.31. The van der Waals surface area contributed by atoms with Crippen molar-refractivity contribution < 1.29 is 4.79 Å². The summed E-state index contributed by atoms with van der Waals surface area (Å²) < 4.78 is 0. The van der Waals surface area contributed by atoms with Crippen molar-refractivity contribution in [3.05, 3.63) is 59.5 Å². The summed E-state index contributed by atoms with van der Waals surface area (Å²) in [5.41, 5.74) is 4.81. The third kappa shape index (κ3) is 2.68. The number of H-pyrrole nitrogens is 2. The molecule has 2 N–H and O–H groups in total. The van der Waals surface area contributed by atoms with Crippen molar-refractivity contribution in [3.8, 4) is 0 Å². The fourth-order valence-electron chi connectivity index (χ4n) is 4.15. The second-order valence-corrected chi connectivity index (χ2v) is 7.33. The van der Waals surface area contributed by atoms with E-state index in [1.54, 1.807) is 6.20 Å². The molecule has 1 saturated heterocycles. The molecule has 6 heteroatoms. The van der Waals surface area contributed by atoms with Crippen LogP contribution in [-0.4, -0.2) is 44.1 Å². The van der Waals surface area contributed by atoms with Gasteiger partial charge in [-0.25, -0.2) is 4.98 Å². The second kappa shape index (κ2) is 6.23. The van der Waals surface area contributed by atoms with E-state index in [-0.39, 0.29) is 5.91 Å². The fourth-order valence-corrected chi connectivity index (χ4v) is 4.15. The number of nitrogens with zero attached hydrogens (tertiary/aromatic N) is 3. The minimum atomic E-state index is 0.0193. The van der Waals surface area contributed by atoms with Crippen LogP contribution in [0.5, 0.6) is 0 Å². The molecule has 0 bridgehead atoms. The van der Waals surface area contributed by atoms with Crippen molar-refractivity contribution >= 4 is 27.8 Å². The first-order valence-electron chi connectivity index (χ1n) is 9.37. The van der Waals surface area contributed by atoms with Crippen LogP contribution in [-0.2, 0) is 0 Å². The van der Waals surface area contributed by atoms with Crippen molar-refractivity contribution in [2.45, 2.75) is 25.7 Å². The monoisotopic (exact) mass is 359 g/mol. The summed E-state index contributed by atoms with van der Waals surface area (Å²) in [6, 6.07) is 10.1. The van der Waals surface area contributed by atoms with Gasteiger partial charge in [-0.1, -0.05) is 11.6 Å². The summed E-state index contributed by atoms with van der Waals surface area (Å²) in [5, 5.41) is 9.37. The van der Waals surface area contributed by atoms with Gasteiger partial charge in [0.15, 0.2) is 5.69 Å². The molecule has 0 aliphatic carbocycles. The number of likely N-dealkylation sites (tertiary alicyclic amines) is 1. The zero-order chi connectivity index (χ0) is 18.4. The van der Waals surface area contributed by atoms with Crippen molar-refractivity contribution in [3.63, 3.8) is 0 Å². The van der Waals surface area contributed by atoms with E-state index in [9.17, 15) is 4.79 Å². The lowest BCUT2D eigenvalue weighted by molar-refractivity contribution is 0.0709. The van der Waals surface area contributed by atoms with E-state index in [1.165, 1.54) is 10.9 Å². The van der Waals surface area contributed by atoms with Crippen molar-refractivity contribution in [1.82, 2.24) is 25.1 Å². The molecule has 0 saturated carbocycles. The molecule has 1 aromatic carbocycles. The van der Waals surface area contributed by atoms with E-state index in [0.717, 1.165) is 48.0 Å². The molecule has 4 aromatic rings. The molecule has 0 radical (unpaired) electrons. The molecule has 1 aliphatic heterocycles. The van der Waals surface area contributed by atoms with Gasteiger partial charge in [-0.3, -0.25) is 9.89 Å². The Labute approximate surface area is 156 Å². The summed E-state index contributed by atoms with van der Waals surface area (Å²) in [5.74, 6) is 0.469. The minimum absolute atomic E-state index is 0.0193. The maximum Gasteiger partial charge on any atom is 0.274 e. The molecule has 1 fully saturated rings. The number of nitrogens with one attached hydrogen (secondary N) is 2. The molecule has 1 amide bonds. The fraction of sp³-hybridized carbons (Fsp3) is 0.286. The summed E-state index contributed by atoms with van der Waals surface area (Å²) in [6.07, 6.45) is 5.79. The number of piperidine rings is 1. The quantitative estimate of drug-likeness (QED) is 0.572. The molecule has 1 aliphatic rings. The van der Waals surface area contributed by atoms with Gasteiger partial charge in [0.25, 0.3) is 5.91 Å². The Bertz CT molecular complexity index is 1130. The van der Waals surface area contributed by atoms with Gasteiger partial charge < -0.3 is 9.88 Å². The van der Waals surface area contributed by atoms with Crippen LogP contribution in [0.4, 0.5) is 0 Å². The average molecular weight is 359 g/mol. The molecular formula is C21H21N5O. The normalized spacial score (nSPS) is 15.7. The third-order valence-electron chi connectivity index (χ3n) is 5.63. The molecule has 0 atom stereocenters. The van der Waals surface area contributed by atoms with Crippen LogP contribution < -0.4 is 0 Å². The van der Waals surface area contributed by atoms with Crippen LogP contribution in [0, 0.1) is 6.92 Å². The van der Waals surface area contributed by atoms with Crippen molar-refractivity contribution in [2.24, 2.45) is 0 Å². The summed E-state index contributed by atoms with van der Waals surface area (Å²) >= 11 is 0. The minimum Gasteiger partial charge on any atom is -0.346 e. The maximum atomic E-state index is 13.0. The molecule has 0 unspecified atom stereocenters. The summed E-state index contributed by atoms with van der Waals surface area (Å²) in [7, 11) is 0. The standard InChI is InChI=1S/C21H21N5O/c1-13-4-5-18-16(11-13)19(25-24-18)21(27)26-9-6-14(7-10-26)17-12-23-20-15(17)3-2-8-22-20/h2-5,8,11-12,14H,6-7,9-10H2,1H3,(H,22,23)(H,24,25). The molecule has 6 nitrogen and oxygen atoms in total. The number of hydrogen-bond acceptors (Lipinski definition) is 3. The molecular weight excluding hydrogens is 338 g/mol. The van der Waals surface area contributed by atoms with Gasteiger partial charge in [-0.2, -0.15) is 5.10 Å². The molecule has 0 spiro atoms. The number of rotatable bonds is 2. The van der Waals surface area contributed by atoms with Crippen LogP contribution in [0.15, 0.2) is 42.7 Å². The highest BCUT2D eigenvalue weighted by Crippen LogP contribution is 2.33. The highest BCUT2D eigenvalue weighted by molar-refractivity contribution is 6.04. The number of pyridine rings is 1. The Morgan fingerprint density at radius 1 is 1.19 bits per heavy atom. The maximum absolute atomic E-state index is 13.0. The predicted octanol–water partition coefficient (Wildman–Crippen LogP) is 3.77. The van der Waals surface area contributed by atoms with Crippen LogP contribution in [0.2, 0.25) is 0 Å². The first-order chi connectivity index (χ1) is 13.2. The number of benzene rings is 1. The number of aromatic nitrogens is 4. The van der Waals surface area contributed by atoms with Crippen LogP contribution in [0.25, 0.3) is 21.9 Å². The first kappa shape index (κ1) is 16.1. The molecule has 4 heterocycles. The van der Waals surface area contributed by atoms with E-state index in [1.807, 2.05) is 36.1 Å². The van der Waals surface area contributed by atoms with Gasteiger partial charge in [0.1, 0.15) is 5.65 Å². The van der Waals surface area contributed by atoms with E-state index >= 15 is 0 Å². The highest BCUT2D eigenvalue weighted by Gasteiger charge is 2.28.